The van der Waals surface area contributed by atoms with Crippen LogP contribution in [0.3, 0.4) is 0 Å². The van der Waals surface area contributed by atoms with Gasteiger partial charge in [-0.2, -0.15) is 0 Å². The molecule has 0 aliphatic carbocycles. The average Bonchev–Trinajstić information content (AvgIpc) is 2.47. The van der Waals surface area contributed by atoms with E-state index in [-0.39, 0.29) is 23.4 Å². The maximum absolute atomic E-state index is 13.6. The molecule has 1 aromatic rings. The van der Waals surface area contributed by atoms with Gasteiger partial charge >= 0.3 is 0 Å². The van der Waals surface area contributed by atoms with Gasteiger partial charge < -0.3 is 4.74 Å². The van der Waals surface area contributed by atoms with Gasteiger partial charge in [0.2, 0.25) is 0 Å². The highest BCUT2D eigenvalue weighted by atomic mass is 19.1. The Hall–Kier alpha value is -1.26. The van der Waals surface area contributed by atoms with Gasteiger partial charge in [0.15, 0.2) is 5.78 Å². The third kappa shape index (κ3) is 3.64. The summed E-state index contributed by atoms with van der Waals surface area (Å²) in [5.41, 5.74) is 0.195. The van der Waals surface area contributed by atoms with Crippen LogP contribution >= 0.6 is 0 Å². The fourth-order valence-corrected chi connectivity index (χ4v) is 2.59. The summed E-state index contributed by atoms with van der Waals surface area (Å²) < 4.78 is 19.3. The van der Waals surface area contributed by atoms with Crippen molar-refractivity contribution in [3.63, 3.8) is 0 Å². The van der Waals surface area contributed by atoms with Crippen molar-refractivity contribution in [2.24, 2.45) is 5.92 Å². The minimum atomic E-state index is -0.433. The monoisotopic (exact) mass is 279 g/mol. The van der Waals surface area contributed by atoms with Gasteiger partial charge in [-0.05, 0) is 18.6 Å². The Balaban J connectivity index is 1.96. The summed E-state index contributed by atoms with van der Waals surface area (Å²) in [7, 11) is 0. The predicted octanol–water partition coefficient (Wildman–Crippen LogP) is 2.76. The van der Waals surface area contributed by atoms with E-state index in [1.165, 1.54) is 6.07 Å². The van der Waals surface area contributed by atoms with E-state index in [0.29, 0.717) is 13.2 Å². The lowest BCUT2D eigenvalue weighted by atomic mass is 9.98. The Morgan fingerprint density at radius 2 is 2.25 bits per heavy atom. The first-order valence-electron chi connectivity index (χ1n) is 7.24. The smallest absolute Gasteiger partial charge is 0.169 e. The van der Waals surface area contributed by atoms with E-state index < -0.39 is 5.82 Å². The van der Waals surface area contributed by atoms with Gasteiger partial charge in [-0.25, -0.2) is 4.39 Å². The number of Topliss-reactive ketones (excluding diaryl/α,β-unsaturated/α-hetero) is 1. The molecule has 0 amide bonds. The highest BCUT2D eigenvalue weighted by Crippen LogP contribution is 2.16. The summed E-state index contributed by atoms with van der Waals surface area (Å²) in [6.45, 7) is 7.02. The van der Waals surface area contributed by atoms with Gasteiger partial charge in [-0.1, -0.05) is 26.0 Å². The van der Waals surface area contributed by atoms with Crippen LogP contribution in [0.1, 0.15) is 30.6 Å². The van der Waals surface area contributed by atoms with Gasteiger partial charge in [0.25, 0.3) is 0 Å². The summed E-state index contributed by atoms with van der Waals surface area (Å²) in [6, 6.07) is 6.19. The van der Waals surface area contributed by atoms with E-state index in [0.717, 1.165) is 19.5 Å². The summed E-state index contributed by atoms with van der Waals surface area (Å²) in [4.78, 5) is 14.5. The molecule has 4 heteroatoms. The molecule has 0 bridgehead atoms. The zero-order valence-corrected chi connectivity index (χ0v) is 12.1. The van der Waals surface area contributed by atoms with Gasteiger partial charge in [0.05, 0.1) is 18.3 Å². The largest absolute Gasteiger partial charge is 0.376 e. The molecule has 1 aliphatic rings. The van der Waals surface area contributed by atoms with Crippen molar-refractivity contribution < 1.29 is 13.9 Å². The van der Waals surface area contributed by atoms with Crippen molar-refractivity contribution in [1.29, 1.82) is 0 Å². The molecular weight excluding hydrogens is 257 g/mol. The van der Waals surface area contributed by atoms with Crippen LogP contribution in [0.5, 0.6) is 0 Å². The Morgan fingerprint density at radius 3 is 2.95 bits per heavy atom. The van der Waals surface area contributed by atoms with Crippen LogP contribution in [0.2, 0.25) is 0 Å². The maximum Gasteiger partial charge on any atom is 0.169 e. The van der Waals surface area contributed by atoms with Crippen LogP contribution in [0.15, 0.2) is 24.3 Å². The average molecular weight is 279 g/mol. The molecule has 3 nitrogen and oxygen atoms in total. The number of nitrogens with zero attached hydrogens (tertiary/aromatic N) is 1. The molecule has 1 saturated heterocycles. The lowest BCUT2D eigenvalue weighted by molar-refractivity contribution is -0.0325. The third-order valence-electron chi connectivity index (χ3n) is 3.80. The molecule has 2 unspecified atom stereocenters. The van der Waals surface area contributed by atoms with Crippen molar-refractivity contribution in [2.75, 3.05) is 26.2 Å². The maximum atomic E-state index is 13.6. The van der Waals surface area contributed by atoms with Crippen molar-refractivity contribution in [2.45, 2.75) is 26.4 Å². The lowest BCUT2D eigenvalue weighted by Crippen LogP contribution is -2.44. The van der Waals surface area contributed by atoms with Crippen LogP contribution < -0.4 is 0 Å². The predicted molar refractivity (Wildman–Crippen MR) is 76.4 cm³/mol. The quantitative estimate of drug-likeness (QED) is 0.776. The molecule has 0 N–H and O–H groups in total. The van der Waals surface area contributed by atoms with Crippen LogP contribution in [0, 0.1) is 11.7 Å². The van der Waals surface area contributed by atoms with E-state index in [1.807, 2.05) is 6.92 Å². The van der Waals surface area contributed by atoms with Crippen LogP contribution in [0.25, 0.3) is 0 Å². The summed E-state index contributed by atoms with van der Waals surface area (Å²) >= 11 is 0. The lowest BCUT2D eigenvalue weighted by Gasteiger charge is -2.33. The molecule has 0 saturated carbocycles. The molecule has 0 radical (unpaired) electrons. The Labute approximate surface area is 119 Å². The molecule has 2 rings (SSSR count). The minimum absolute atomic E-state index is 0.123. The van der Waals surface area contributed by atoms with E-state index >= 15 is 0 Å². The number of hydrogen-bond acceptors (Lipinski definition) is 3. The molecule has 0 aromatic heterocycles. The molecule has 1 heterocycles. The van der Waals surface area contributed by atoms with Gasteiger partial charge in [0.1, 0.15) is 5.82 Å². The number of hydrogen-bond donors (Lipinski definition) is 0. The number of halogens is 1. The number of rotatable bonds is 5. The zero-order valence-electron chi connectivity index (χ0n) is 12.1. The molecule has 1 aliphatic heterocycles. The van der Waals surface area contributed by atoms with Gasteiger partial charge in [-0.3, -0.25) is 9.69 Å². The molecule has 110 valence electrons. The topological polar surface area (TPSA) is 29.5 Å². The molecule has 1 aromatic carbocycles. The summed E-state index contributed by atoms with van der Waals surface area (Å²) in [5.74, 6) is -0.761. The van der Waals surface area contributed by atoms with Crippen LogP contribution in [-0.2, 0) is 4.74 Å². The fourth-order valence-electron chi connectivity index (χ4n) is 2.59. The van der Waals surface area contributed by atoms with E-state index in [2.05, 4.69) is 11.8 Å². The fraction of sp³-hybridized carbons (Fsp3) is 0.562. The standard InChI is InChI=1S/C16H22FNO2/c1-3-13-11-18(8-9-20-13)10-12(2)16(19)14-6-4-5-7-15(14)17/h4-7,12-13H,3,8-11H2,1-2H3. The summed E-state index contributed by atoms with van der Waals surface area (Å²) in [6.07, 6.45) is 1.23. The van der Waals surface area contributed by atoms with Crippen molar-refractivity contribution in [3.05, 3.63) is 35.6 Å². The second-order valence-corrected chi connectivity index (χ2v) is 5.41. The minimum Gasteiger partial charge on any atom is -0.376 e. The van der Waals surface area contributed by atoms with E-state index in [1.54, 1.807) is 18.2 Å². The molecule has 2 atom stereocenters. The molecular formula is C16H22FNO2. The number of morpholine rings is 1. The van der Waals surface area contributed by atoms with E-state index in [9.17, 15) is 9.18 Å². The van der Waals surface area contributed by atoms with Crippen LogP contribution in [-0.4, -0.2) is 43.0 Å². The van der Waals surface area contributed by atoms with Crippen molar-refractivity contribution >= 4 is 5.78 Å². The highest BCUT2D eigenvalue weighted by molar-refractivity contribution is 5.98. The van der Waals surface area contributed by atoms with Crippen molar-refractivity contribution in [1.82, 2.24) is 4.90 Å². The normalized spacial score (nSPS) is 21.6. The third-order valence-corrected chi connectivity index (χ3v) is 3.80. The first kappa shape index (κ1) is 15.1. The van der Waals surface area contributed by atoms with Crippen molar-refractivity contribution in [3.8, 4) is 0 Å². The SMILES string of the molecule is CCC1CN(CC(C)C(=O)c2ccccc2F)CCO1. The number of carbonyl (C=O) groups is 1. The Morgan fingerprint density at radius 1 is 1.50 bits per heavy atom. The molecule has 1 fully saturated rings. The first-order valence-corrected chi connectivity index (χ1v) is 7.24. The second-order valence-electron chi connectivity index (χ2n) is 5.41. The first-order chi connectivity index (χ1) is 9.61. The highest BCUT2D eigenvalue weighted by Gasteiger charge is 2.24. The number of carbonyl (C=O) groups excluding carboxylic acids is 1. The number of ether oxygens (including phenoxy) is 1. The molecule has 0 spiro atoms. The van der Waals surface area contributed by atoms with Gasteiger partial charge in [-0.15, -0.1) is 0 Å². The Bertz CT molecular complexity index is 464. The van der Waals surface area contributed by atoms with Gasteiger partial charge in [0, 0.05) is 25.6 Å². The number of benzene rings is 1. The second kappa shape index (κ2) is 6.95. The van der Waals surface area contributed by atoms with Crippen LogP contribution in [0.4, 0.5) is 4.39 Å². The number of ketones is 1. The summed E-state index contributed by atoms with van der Waals surface area (Å²) in [5, 5.41) is 0. The Kier molecular flexibility index (Phi) is 5.26. The van der Waals surface area contributed by atoms with E-state index in [4.69, 9.17) is 4.74 Å². The zero-order chi connectivity index (χ0) is 14.5. The molecule has 20 heavy (non-hydrogen) atoms.